The highest BCUT2D eigenvalue weighted by atomic mass is 32.1. The largest absolute Gasteiger partial charge is 0.134 e. The third-order valence-corrected chi connectivity index (χ3v) is 13.7. The SMILES string of the molecule is CC12CC1(c1ccc(-c3ccc4c(c3)sc3c5ccc(-c6ccc(C78CC7(C)C8)cc6)cc5sc43)cc1)C2. The average molecular weight is 525 g/mol. The van der Waals surface area contributed by atoms with Crippen LogP contribution in [-0.4, -0.2) is 0 Å². The zero-order valence-corrected chi connectivity index (χ0v) is 23.4. The standard InChI is InChI=1S/C36H28S2/c1-33-17-35(33,18-33)25-9-3-21(4-10-25)23-7-13-27-29(15-23)37-32-28-14-8-24(16-30(28)38-31(27)32)22-5-11-26(12-6-22)36-19-34(36,2)20-36/h3-16H,17-20H2,1-2H3. The van der Waals surface area contributed by atoms with E-state index in [-0.39, 0.29) is 0 Å². The maximum absolute atomic E-state index is 2.44. The van der Waals surface area contributed by atoms with E-state index in [4.69, 9.17) is 0 Å². The quantitative estimate of drug-likeness (QED) is 0.215. The smallest absolute Gasteiger partial charge is 0.0542 e. The van der Waals surface area contributed by atoms with Crippen molar-refractivity contribution in [2.45, 2.75) is 50.4 Å². The summed E-state index contributed by atoms with van der Waals surface area (Å²) in [5.74, 6) is 0. The van der Waals surface area contributed by atoms with E-state index in [0.717, 1.165) is 0 Å². The van der Waals surface area contributed by atoms with E-state index in [1.165, 1.54) is 77.5 Å². The van der Waals surface area contributed by atoms with E-state index >= 15 is 0 Å². The molecule has 10 rings (SSSR count). The molecule has 0 atom stereocenters. The molecule has 0 spiro atoms. The fourth-order valence-electron chi connectivity index (χ4n) is 8.07. The molecule has 4 fully saturated rings. The molecule has 0 aliphatic heterocycles. The third kappa shape index (κ3) is 2.48. The molecule has 0 nitrogen and oxygen atoms in total. The van der Waals surface area contributed by atoms with Gasteiger partial charge in [-0.2, -0.15) is 0 Å². The molecule has 4 saturated carbocycles. The van der Waals surface area contributed by atoms with Gasteiger partial charge in [0.2, 0.25) is 0 Å². The maximum Gasteiger partial charge on any atom is 0.0542 e. The van der Waals surface area contributed by atoms with Crippen LogP contribution < -0.4 is 0 Å². The Kier molecular flexibility index (Phi) is 3.46. The monoisotopic (exact) mass is 524 g/mol. The molecule has 2 aromatic heterocycles. The Hall–Kier alpha value is -2.94. The minimum absolute atomic E-state index is 0.535. The topological polar surface area (TPSA) is 0 Å². The second-order valence-corrected chi connectivity index (χ2v) is 15.5. The number of benzene rings is 4. The van der Waals surface area contributed by atoms with Crippen LogP contribution in [0.2, 0.25) is 0 Å². The molecule has 4 aromatic carbocycles. The Morgan fingerprint density at radius 3 is 1.16 bits per heavy atom. The molecule has 0 amide bonds. The van der Waals surface area contributed by atoms with Gasteiger partial charge in [-0.3, -0.25) is 0 Å². The molecule has 4 aliphatic rings. The summed E-state index contributed by atoms with van der Waals surface area (Å²) in [6.07, 6.45) is 5.55. The molecule has 0 saturated heterocycles. The zero-order valence-electron chi connectivity index (χ0n) is 21.7. The second-order valence-electron chi connectivity index (χ2n) is 13.4. The van der Waals surface area contributed by atoms with E-state index in [2.05, 4.69) is 98.8 Å². The minimum atomic E-state index is 0.535. The lowest BCUT2D eigenvalue weighted by molar-refractivity contribution is 0.713. The molecule has 2 heterocycles. The number of hydrogen-bond acceptors (Lipinski definition) is 2. The van der Waals surface area contributed by atoms with Crippen molar-refractivity contribution in [2.75, 3.05) is 0 Å². The van der Waals surface area contributed by atoms with Crippen LogP contribution in [0.4, 0.5) is 0 Å². The summed E-state index contributed by atoms with van der Waals surface area (Å²) in [6.45, 7) is 4.88. The molecule has 38 heavy (non-hydrogen) atoms. The van der Waals surface area contributed by atoms with Gasteiger partial charge in [0, 0.05) is 31.0 Å². The molecular formula is C36H28S2. The van der Waals surface area contributed by atoms with Gasteiger partial charge >= 0.3 is 0 Å². The van der Waals surface area contributed by atoms with Gasteiger partial charge in [-0.05, 0) is 82.0 Å². The van der Waals surface area contributed by atoms with Gasteiger partial charge in [0.1, 0.15) is 0 Å². The van der Waals surface area contributed by atoms with Gasteiger partial charge < -0.3 is 0 Å². The van der Waals surface area contributed by atoms with Gasteiger partial charge in [-0.1, -0.05) is 86.6 Å². The number of fused-ring (bicyclic) bond motifs is 7. The highest BCUT2D eigenvalue weighted by Crippen LogP contribution is 2.86. The van der Waals surface area contributed by atoms with Crippen LogP contribution in [-0.2, 0) is 10.8 Å². The lowest BCUT2D eigenvalue weighted by atomic mass is 9.98. The normalized spacial score (nSPS) is 31.9. The van der Waals surface area contributed by atoms with Gasteiger partial charge in [0.05, 0.1) is 9.40 Å². The molecular weight excluding hydrogens is 497 g/mol. The number of rotatable bonds is 4. The van der Waals surface area contributed by atoms with Crippen LogP contribution >= 0.6 is 22.7 Å². The summed E-state index contributed by atoms with van der Waals surface area (Å²) in [5, 5.41) is 2.80. The van der Waals surface area contributed by atoms with Gasteiger partial charge in [-0.15, -0.1) is 22.7 Å². The first kappa shape index (κ1) is 21.0. The van der Waals surface area contributed by atoms with E-state index in [9.17, 15) is 0 Å². The lowest BCUT2D eigenvalue weighted by Gasteiger charge is -2.07. The first-order valence-electron chi connectivity index (χ1n) is 14.0. The first-order chi connectivity index (χ1) is 18.4. The van der Waals surface area contributed by atoms with Crippen LogP contribution in [0.3, 0.4) is 0 Å². The van der Waals surface area contributed by atoms with Crippen molar-refractivity contribution in [3.63, 3.8) is 0 Å². The Morgan fingerprint density at radius 1 is 0.474 bits per heavy atom. The van der Waals surface area contributed by atoms with Crippen LogP contribution in [0.15, 0.2) is 84.9 Å². The van der Waals surface area contributed by atoms with Crippen LogP contribution in [0, 0.1) is 10.8 Å². The van der Waals surface area contributed by atoms with Crippen molar-refractivity contribution in [3.05, 3.63) is 96.1 Å². The highest BCUT2D eigenvalue weighted by Gasteiger charge is 2.80. The molecule has 2 heteroatoms. The van der Waals surface area contributed by atoms with E-state index < -0.39 is 0 Å². The Balaban J connectivity index is 0.994. The summed E-state index contributed by atoms with van der Waals surface area (Å²) >= 11 is 3.92. The molecule has 184 valence electrons. The third-order valence-electron chi connectivity index (χ3n) is 11.2. The predicted octanol–water partition coefficient (Wildman–Crippen LogP) is 10.7. The van der Waals surface area contributed by atoms with Crippen molar-refractivity contribution in [2.24, 2.45) is 10.8 Å². The average Bonchev–Trinajstić information content (AvgIpc) is 3.84. The fraction of sp³-hybridized carbons (Fsp3) is 0.278. The van der Waals surface area contributed by atoms with Gasteiger partial charge in [0.15, 0.2) is 0 Å². The first-order valence-corrected chi connectivity index (χ1v) is 15.6. The van der Waals surface area contributed by atoms with E-state index in [0.29, 0.717) is 21.7 Å². The van der Waals surface area contributed by atoms with Crippen LogP contribution in [0.25, 0.3) is 51.8 Å². The zero-order chi connectivity index (χ0) is 25.1. The second kappa shape index (κ2) is 6.27. The number of thiophene rings is 2. The van der Waals surface area contributed by atoms with Crippen molar-refractivity contribution < 1.29 is 0 Å². The Labute approximate surface area is 230 Å². The van der Waals surface area contributed by atoms with Crippen LogP contribution in [0.5, 0.6) is 0 Å². The maximum atomic E-state index is 2.44. The van der Waals surface area contributed by atoms with Crippen molar-refractivity contribution >= 4 is 52.2 Å². The van der Waals surface area contributed by atoms with Gasteiger partial charge in [-0.25, -0.2) is 0 Å². The van der Waals surface area contributed by atoms with E-state index in [1.54, 1.807) is 11.1 Å². The van der Waals surface area contributed by atoms with Crippen molar-refractivity contribution in [3.8, 4) is 22.3 Å². The molecule has 0 unspecified atom stereocenters. The predicted molar refractivity (Wildman–Crippen MR) is 164 cm³/mol. The molecule has 0 bridgehead atoms. The lowest BCUT2D eigenvalue weighted by Crippen LogP contribution is -1.92. The van der Waals surface area contributed by atoms with Crippen LogP contribution in [0.1, 0.15) is 50.7 Å². The minimum Gasteiger partial charge on any atom is -0.134 e. The summed E-state index contributed by atoms with van der Waals surface area (Å²) in [7, 11) is 0. The van der Waals surface area contributed by atoms with Crippen molar-refractivity contribution in [1.82, 2.24) is 0 Å². The van der Waals surface area contributed by atoms with Crippen molar-refractivity contribution in [1.29, 1.82) is 0 Å². The number of hydrogen-bond donors (Lipinski definition) is 0. The summed E-state index contributed by atoms with van der Waals surface area (Å²) in [5.41, 5.74) is 10.8. The molecule has 6 aromatic rings. The van der Waals surface area contributed by atoms with E-state index in [1.807, 2.05) is 22.7 Å². The summed E-state index contributed by atoms with van der Waals surface area (Å²) in [6, 6.07) is 33.1. The summed E-state index contributed by atoms with van der Waals surface area (Å²) < 4.78 is 5.68. The Morgan fingerprint density at radius 2 is 0.816 bits per heavy atom. The Bertz CT molecular complexity index is 1840. The fourth-order valence-corrected chi connectivity index (χ4v) is 10.8. The van der Waals surface area contributed by atoms with Gasteiger partial charge in [0.25, 0.3) is 0 Å². The summed E-state index contributed by atoms with van der Waals surface area (Å²) in [4.78, 5) is 0. The molecule has 4 aliphatic carbocycles. The molecule has 0 radical (unpaired) electrons. The highest BCUT2D eigenvalue weighted by molar-refractivity contribution is 7.36. The molecule has 0 N–H and O–H groups in total.